The fourth-order valence-electron chi connectivity index (χ4n) is 3.67. The average molecular weight is 338 g/mol. The molecule has 1 saturated carbocycles. The van der Waals surface area contributed by atoms with Crippen LogP contribution in [0.25, 0.3) is 0 Å². The molecule has 1 aliphatic carbocycles. The molecule has 1 aromatic carbocycles. The van der Waals surface area contributed by atoms with Crippen molar-refractivity contribution in [3.05, 3.63) is 28.2 Å². The normalized spacial score (nSPS) is 27.1. The van der Waals surface area contributed by atoms with Crippen molar-refractivity contribution in [1.82, 2.24) is 5.32 Å². The molecular formula is C17H24BrNO. The molecule has 1 aliphatic heterocycles. The van der Waals surface area contributed by atoms with Crippen molar-refractivity contribution in [2.75, 3.05) is 13.7 Å². The quantitative estimate of drug-likeness (QED) is 0.883. The molecule has 1 atom stereocenters. The van der Waals surface area contributed by atoms with Gasteiger partial charge in [0.2, 0.25) is 0 Å². The summed E-state index contributed by atoms with van der Waals surface area (Å²) in [6, 6.07) is 6.37. The van der Waals surface area contributed by atoms with E-state index in [1.54, 1.807) is 7.11 Å². The van der Waals surface area contributed by atoms with Gasteiger partial charge in [-0.1, -0.05) is 28.8 Å². The van der Waals surface area contributed by atoms with Crippen molar-refractivity contribution in [1.29, 1.82) is 0 Å². The zero-order valence-electron chi connectivity index (χ0n) is 12.3. The lowest BCUT2D eigenvalue weighted by atomic mass is 9.82. The fourth-order valence-corrected chi connectivity index (χ4v) is 4.08. The molecule has 1 N–H and O–H groups in total. The molecule has 2 aliphatic rings. The molecule has 1 unspecified atom stereocenters. The summed E-state index contributed by atoms with van der Waals surface area (Å²) in [4.78, 5) is 0. The fraction of sp³-hybridized carbons (Fsp3) is 0.647. The maximum Gasteiger partial charge on any atom is 0.122 e. The van der Waals surface area contributed by atoms with Gasteiger partial charge in [-0.3, -0.25) is 0 Å². The van der Waals surface area contributed by atoms with Crippen LogP contribution in [0.3, 0.4) is 0 Å². The summed E-state index contributed by atoms with van der Waals surface area (Å²) >= 11 is 3.60. The smallest absolute Gasteiger partial charge is 0.122 e. The van der Waals surface area contributed by atoms with Crippen LogP contribution >= 0.6 is 15.9 Å². The summed E-state index contributed by atoms with van der Waals surface area (Å²) in [7, 11) is 1.77. The lowest BCUT2D eigenvalue weighted by molar-refractivity contribution is 0.267. The minimum Gasteiger partial charge on any atom is -0.496 e. The van der Waals surface area contributed by atoms with Gasteiger partial charge in [0.25, 0.3) is 0 Å². The van der Waals surface area contributed by atoms with Crippen LogP contribution in [0.15, 0.2) is 22.7 Å². The second-order valence-corrected chi connectivity index (χ2v) is 7.22. The highest BCUT2D eigenvalue weighted by atomic mass is 79.9. The van der Waals surface area contributed by atoms with Gasteiger partial charge in [-0.05, 0) is 68.3 Å². The zero-order valence-corrected chi connectivity index (χ0v) is 13.8. The second kappa shape index (κ2) is 6.07. The van der Waals surface area contributed by atoms with E-state index in [0.29, 0.717) is 5.54 Å². The first-order valence-corrected chi connectivity index (χ1v) is 8.60. The van der Waals surface area contributed by atoms with Crippen molar-refractivity contribution >= 4 is 15.9 Å². The van der Waals surface area contributed by atoms with Crippen LogP contribution in [0.2, 0.25) is 0 Å². The van der Waals surface area contributed by atoms with E-state index in [1.807, 2.05) is 0 Å². The van der Waals surface area contributed by atoms with Gasteiger partial charge in [-0.2, -0.15) is 0 Å². The Labute approximate surface area is 130 Å². The van der Waals surface area contributed by atoms with Crippen LogP contribution in [0.5, 0.6) is 5.75 Å². The van der Waals surface area contributed by atoms with E-state index in [1.165, 1.54) is 50.6 Å². The van der Waals surface area contributed by atoms with E-state index < -0.39 is 0 Å². The highest BCUT2D eigenvalue weighted by Gasteiger charge is 2.45. The van der Waals surface area contributed by atoms with E-state index in [-0.39, 0.29) is 0 Å². The van der Waals surface area contributed by atoms with Gasteiger partial charge < -0.3 is 10.1 Å². The molecule has 0 aromatic heterocycles. The Balaban J connectivity index is 1.87. The van der Waals surface area contributed by atoms with Gasteiger partial charge >= 0.3 is 0 Å². The number of hydrogen-bond donors (Lipinski definition) is 1. The molecule has 1 aromatic rings. The van der Waals surface area contributed by atoms with Gasteiger partial charge in [0.15, 0.2) is 0 Å². The molecular weight excluding hydrogens is 314 g/mol. The minimum absolute atomic E-state index is 0.310. The maximum atomic E-state index is 5.57. The highest BCUT2D eigenvalue weighted by molar-refractivity contribution is 9.10. The number of nitrogens with one attached hydrogen (secondary N) is 1. The van der Waals surface area contributed by atoms with Crippen LogP contribution in [0.1, 0.15) is 44.1 Å². The van der Waals surface area contributed by atoms with E-state index in [9.17, 15) is 0 Å². The summed E-state index contributed by atoms with van der Waals surface area (Å²) in [5.41, 5.74) is 1.65. The van der Waals surface area contributed by atoms with E-state index in [4.69, 9.17) is 4.74 Å². The molecule has 110 valence electrons. The summed E-state index contributed by atoms with van der Waals surface area (Å²) in [6.45, 7) is 1.17. The number of hydrogen-bond acceptors (Lipinski definition) is 2. The SMILES string of the molecule is COc1ccc(Br)cc1CC1(C2CC2)CCCCCN1. The molecule has 0 bridgehead atoms. The van der Waals surface area contributed by atoms with E-state index in [2.05, 4.69) is 39.4 Å². The number of halogens is 1. The Hall–Kier alpha value is -0.540. The number of benzene rings is 1. The number of methoxy groups -OCH3 is 1. The average Bonchev–Trinajstić information content (AvgIpc) is 3.26. The van der Waals surface area contributed by atoms with Gasteiger partial charge in [-0.25, -0.2) is 0 Å². The first-order chi connectivity index (χ1) is 9.73. The Morgan fingerprint density at radius 2 is 2.15 bits per heavy atom. The van der Waals surface area contributed by atoms with Crippen molar-refractivity contribution in [2.45, 2.75) is 50.5 Å². The van der Waals surface area contributed by atoms with Crippen molar-refractivity contribution in [2.24, 2.45) is 5.92 Å². The first-order valence-electron chi connectivity index (χ1n) is 7.81. The van der Waals surface area contributed by atoms with Crippen LogP contribution in [-0.4, -0.2) is 19.2 Å². The Morgan fingerprint density at radius 1 is 1.30 bits per heavy atom. The Bertz CT molecular complexity index is 462. The highest BCUT2D eigenvalue weighted by Crippen LogP contribution is 2.46. The predicted octanol–water partition coefficient (Wildman–Crippen LogP) is 4.31. The third kappa shape index (κ3) is 3.04. The molecule has 1 saturated heterocycles. The Morgan fingerprint density at radius 3 is 2.90 bits per heavy atom. The third-order valence-corrected chi connectivity index (χ3v) is 5.38. The molecule has 2 nitrogen and oxygen atoms in total. The van der Waals surface area contributed by atoms with Crippen molar-refractivity contribution in [3.63, 3.8) is 0 Å². The lowest BCUT2D eigenvalue weighted by Crippen LogP contribution is -2.48. The lowest BCUT2D eigenvalue weighted by Gasteiger charge is -2.35. The molecule has 3 heteroatoms. The molecule has 2 fully saturated rings. The zero-order chi connectivity index (χ0) is 14.0. The molecule has 20 heavy (non-hydrogen) atoms. The molecule has 0 amide bonds. The van der Waals surface area contributed by atoms with E-state index in [0.717, 1.165) is 22.6 Å². The number of rotatable bonds is 4. The molecule has 0 radical (unpaired) electrons. The Kier molecular flexibility index (Phi) is 4.37. The van der Waals surface area contributed by atoms with Gasteiger partial charge in [0.1, 0.15) is 5.75 Å². The van der Waals surface area contributed by atoms with Crippen LogP contribution in [0.4, 0.5) is 0 Å². The molecule has 0 spiro atoms. The van der Waals surface area contributed by atoms with Crippen molar-refractivity contribution in [3.8, 4) is 5.75 Å². The topological polar surface area (TPSA) is 21.3 Å². The standard InChI is InChI=1S/C17H24BrNO/c1-20-16-8-7-15(18)11-13(16)12-17(14-5-6-14)9-3-2-4-10-19-17/h7-8,11,14,19H,2-6,9-10,12H2,1H3. The summed E-state index contributed by atoms with van der Waals surface area (Å²) in [5, 5.41) is 3.91. The summed E-state index contributed by atoms with van der Waals surface area (Å²) in [6.07, 6.45) is 9.25. The predicted molar refractivity (Wildman–Crippen MR) is 86.3 cm³/mol. The second-order valence-electron chi connectivity index (χ2n) is 6.30. The summed E-state index contributed by atoms with van der Waals surface area (Å²) < 4.78 is 6.72. The summed E-state index contributed by atoms with van der Waals surface area (Å²) in [5.74, 6) is 1.89. The van der Waals surface area contributed by atoms with Crippen LogP contribution < -0.4 is 10.1 Å². The van der Waals surface area contributed by atoms with Crippen molar-refractivity contribution < 1.29 is 4.74 Å². The van der Waals surface area contributed by atoms with E-state index >= 15 is 0 Å². The molecule has 1 heterocycles. The van der Waals surface area contributed by atoms with Gasteiger partial charge in [0.05, 0.1) is 7.11 Å². The first kappa shape index (κ1) is 14.4. The maximum absolute atomic E-state index is 5.57. The minimum atomic E-state index is 0.310. The number of ether oxygens (including phenoxy) is 1. The third-order valence-electron chi connectivity index (χ3n) is 4.88. The van der Waals surface area contributed by atoms with Gasteiger partial charge in [0, 0.05) is 10.0 Å². The largest absolute Gasteiger partial charge is 0.496 e. The monoisotopic (exact) mass is 337 g/mol. The van der Waals surface area contributed by atoms with Crippen LogP contribution in [-0.2, 0) is 6.42 Å². The van der Waals surface area contributed by atoms with Crippen LogP contribution in [0, 0.1) is 5.92 Å². The van der Waals surface area contributed by atoms with Gasteiger partial charge in [-0.15, -0.1) is 0 Å². The molecule has 3 rings (SSSR count).